The Labute approximate surface area is 133 Å². The number of carbonyl (C=O) groups is 1. The average molecular weight is 333 g/mol. The smallest absolute Gasteiger partial charge is 0.370 e. The third-order valence-electron chi connectivity index (χ3n) is 3.44. The summed E-state index contributed by atoms with van der Waals surface area (Å²) < 4.78 is 28.4. The van der Waals surface area contributed by atoms with Crippen LogP contribution in [-0.4, -0.2) is 31.8 Å². The molecule has 6 nitrogen and oxygen atoms in total. The highest BCUT2D eigenvalue weighted by atomic mass is 31.2. The Morgan fingerprint density at radius 1 is 1.09 bits per heavy atom. The van der Waals surface area contributed by atoms with E-state index in [0.29, 0.717) is 0 Å². The van der Waals surface area contributed by atoms with Crippen LogP contribution in [0.15, 0.2) is 11.5 Å². The van der Waals surface area contributed by atoms with Crippen LogP contribution in [0.2, 0.25) is 0 Å². The first-order valence-corrected chi connectivity index (χ1v) is 9.64. The molecule has 0 bridgehead atoms. The molecule has 0 saturated heterocycles. The molecular weight excluding hydrogens is 305 g/mol. The van der Waals surface area contributed by atoms with Crippen LogP contribution in [-0.2, 0) is 23.1 Å². The summed E-state index contributed by atoms with van der Waals surface area (Å²) >= 11 is 0. The Hall–Kier alpha value is -0.840. The van der Waals surface area contributed by atoms with Crippen molar-refractivity contribution < 1.29 is 23.1 Å². The van der Waals surface area contributed by atoms with Gasteiger partial charge < -0.3 is 19.1 Å². The molecule has 0 aromatic carbocycles. The molecule has 1 saturated carbocycles. The Bertz CT molecular complexity index is 408. The molecule has 0 unspecified atom stereocenters. The van der Waals surface area contributed by atoms with Gasteiger partial charge in [-0.25, -0.2) is 4.79 Å². The van der Waals surface area contributed by atoms with Gasteiger partial charge in [-0.1, -0.05) is 19.3 Å². The highest BCUT2D eigenvalue weighted by Gasteiger charge is 2.36. The van der Waals surface area contributed by atoms with Gasteiger partial charge in [0.05, 0.1) is 19.8 Å². The second kappa shape index (κ2) is 10.0. The third kappa shape index (κ3) is 5.75. The lowest BCUT2D eigenvalue weighted by molar-refractivity contribution is -0.137. The van der Waals surface area contributed by atoms with Gasteiger partial charge in [-0.05, 0) is 33.6 Å². The highest BCUT2D eigenvalue weighted by Crippen LogP contribution is 2.56. The van der Waals surface area contributed by atoms with Crippen molar-refractivity contribution in [3.8, 4) is 0 Å². The number of hydrogen-bond acceptors (Lipinski definition) is 6. The number of carbonyl (C=O) groups excluding carboxylic acids is 1. The van der Waals surface area contributed by atoms with Crippen molar-refractivity contribution in [3.05, 3.63) is 11.5 Å². The molecule has 0 aromatic rings. The van der Waals surface area contributed by atoms with Crippen molar-refractivity contribution in [3.63, 3.8) is 0 Å². The summed E-state index contributed by atoms with van der Waals surface area (Å²) in [5, 5.41) is 3.14. The molecule has 1 fully saturated rings. The van der Waals surface area contributed by atoms with Gasteiger partial charge in [0.2, 0.25) is 0 Å². The molecule has 0 radical (unpaired) electrons. The minimum atomic E-state index is -3.66. The first kappa shape index (κ1) is 19.2. The zero-order valence-electron chi connectivity index (χ0n) is 13.8. The highest BCUT2D eigenvalue weighted by molar-refractivity contribution is 7.59. The van der Waals surface area contributed by atoms with Gasteiger partial charge in [-0.15, -0.1) is 0 Å². The van der Waals surface area contributed by atoms with E-state index in [1.54, 1.807) is 20.8 Å². The Kier molecular flexibility index (Phi) is 8.76. The zero-order valence-corrected chi connectivity index (χ0v) is 14.7. The molecule has 1 N–H and O–H groups in total. The molecule has 0 aromatic heterocycles. The molecule has 1 rings (SSSR count). The van der Waals surface area contributed by atoms with Crippen molar-refractivity contribution in [2.24, 2.45) is 0 Å². The third-order valence-corrected chi connectivity index (χ3v) is 5.54. The molecule has 1 aliphatic carbocycles. The van der Waals surface area contributed by atoms with Crippen LogP contribution in [0.4, 0.5) is 0 Å². The molecule has 1 aliphatic rings. The first-order chi connectivity index (χ1) is 10.6. The molecule has 7 heteroatoms. The summed E-state index contributed by atoms with van der Waals surface area (Å²) in [4.78, 5) is 12.1. The largest absolute Gasteiger partial charge is 0.462 e. The Morgan fingerprint density at radius 3 is 2.18 bits per heavy atom. The lowest BCUT2D eigenvalue weighted by Crippen LogP contribution is -2.28. The summed E-state index contributed by atoms with van der Waals surface area (Å²) in [6.07, 6.45) is 7.12. The first-order valence-electron chi connectivity index (χ1n) is 8.10. The van der Waals surface area contributed by atoms with Crippen LogP contribution in [0, 0.1) is 0 Å². The fourth-order valence-electron chi connectivity index (χ4n) is 2.44. The fourth-order valence-corrected chi connectivity index (χ4v) is 3.99. The van der Waals surface area contributed by atoms with Gasteiger partial charge >= 0.3 is 13.6 Å². The molecule has 0 spiro atoms. The molecule has 0 heterocycles. The fraction of sp³-hybridized carbons (Fsp3) is 0.800. The maximum absolute atomic E-state index is 12.8. The predicted octanol–water partition coefficient (Wildman–Crippen LogP) is 3.58. The molecule has 0 atom stereocenters. The maximum Gasteiger partial charge on any atom is 0.370 e. The normalized spacial score (nSPS) is 17.3. The molecule has 128 valence electrons. The van der Waals surface area contributed by atoms with Crippen LogP contribution in [0.25, 0.3) is 0 Å². The Balaban J connectivity index is 2.93. The van der Waals surface area contributed by atoms with Gasteiger partial charge in [0, 0.05) is 12.2 Å². The van der Waals surface area contributed by atoms with E-state index in [1.165, 1.54) is 12.6 Å². The molecule has 0 amide bonds. The number of rotatable bonds is 9. The quantitative estimate of drug-likeness (QED) is 0.395. The number of nitrogens with one attached hydrogen (secondary N) is 1. The predicted molar refractivity (Wildman–Crippen MR) is 85.6 cm³/mol. The Morgan fingerprint density at radius 2 is 1.68 bits per heavy atom. The van der Waals surface area contributed by atoms with Crippen LogP contribution >= 0.6 is 7.60 Å². The van der Waals surface area contributed by atoms with Crippen molar-refractivity contribution in [2.45, 2.75) is 58.9 Å². The van der Waals surface area contributed by atoms with Gasteiger partial charge in [0.25, 0.3) is 0 Å². The second-order valence-corrected chi connectivity index (χ2v) is 7.08. The van der Waals surface area contributed by atoms with E-state index in [-0.39, 0.29) is 31.2 Å². The topological polar surface area (TPSA) is 73.9 Å². The average Bonchev–Trinajstić information content (AvgIpc) is 2.49. The van der Waals surface area contributed by atoms with E-state index in [1.807, 2.05) is 0 Å². The van der Waals surface area contributed by atoms with E-state index >= 15 is 0 Å². The van der Waals surface area contributed by atoms with Crippen LogP contribution in [0.3, 0.4) is 0 Å². The van der Waals surface area contributed by atoms with Gasteiger partial charge in [0.15, 0.2) is 5.31 Å². The van der Waals surface area contributed by atoms with Gasteiger partial charge in [0.1, 0.15) is 0 Å². The maximum atomic E-state index is 12.8. The summed E-state index contributed by atoms with van der Waals surface area (Å²) in [6, 6.07) is 0.287. The van der Waals surface area contributed by atoms with Crippen molar-refractivity contribution in [1.82, 2.24) is 5.32 Å². The van der Waals surface area contributed by atoms with Gasteiger partial charge in [-0.3, -0.25) is 4.57 Å². The summed E-state index contributed by atoms with van der Waals surface area (Å²) in [5.74, 6) is -0.656. The van der Waals surface area contributed by atoms with E-state index < -0.39 is 13.6 Å². The van der Waals surface area contributed by atoms with Crippen LogP contribution in [0.1, 0.15) is 52.9 Å². The van der Waals surface area contributed by atoms with E-state index in [4.69, 9.17) is 13.8 Å². The SMILES string of the molecule is CCOC(=O)/C(=C\NC1CCCCC1)P(=O)(OCC)OCC. The van der Waals surface area contributed by atoms with Crippen molar-refractivity contribution in [1.29, 1.82) is 0 Å². The lowest BCUT2D eigenvalue weighted by atomic mass is 9.96. The number of esters is 1. The molecule has 22 heavy (non-hydrogen) atoms. The standard InChI is InChI=1S/C15H28NO5P/c1-4-19-15(17)14(22(18,20-5-2)21-6-3)12-16-13-10-8-7-9-11-13/h12-13,16H,4-11H2,1-3H3/b14-12+. The van der Waals surface area contributed by atoms with Gasteiger partial charge in [-0.2, -0.15) is 0 Å². The summed E-state index contributed by atoms with van der Waals surface area (Å²) in [7, 11) is -3.66. The summed E-state index contributed by atoms with van der Waals surface area (Å²) in [5.41, 5.74) is 0. The number of ether oxygens (including phenoxy) is 1. The number of hydrogen-bond donors (Lipinski definition) is 1. The molecular formula is C15H28NO5P. The zero-order chi connectivity index (χ0) is 16.4. The van der Waals surface area contributed by atoms with Crippen LogP contribution < -0.4 is 5.32 Å². The minimum absolute atomic E-state index is 0.0522. The van der Waals surface area contributed by atoms with Crippen molar-refractivity contribution in [2.75, 3.05) is 19.8 Å². The molecule has 0 aliphatic heterocycles. The van der Waals surface area contributed by atoms with E-state index in [2.05, 4.69) is 5.32 Å². The minimum Gasteiger partial charge on any atom is -0.462 e. The monoisotopic (exact) mass is 333 g/mol. The van der Waals surface area contributed by atoms with Crippen molar-refractivity contribution >= 4 is 13.6 Å². The lowest BCUT2D eigenvalue weighted by Gasteiger charge is -2.24. The second-order valence-electron chi connectivity index (χ2n) is 5.08. The van der Waals surface area contributed by atoms with E-state index in [0.717, 1.165) is 25.7 Å². The van der Waals surface area contributed by atoms with E-state index in [9.17, 15) is 9.36 Å². The van der Waals surface area contributed by atoms with Crippen LogP contribution in [0.5, 0.6) is 0 Å². The summed E-state index contributed by atoms with van der Waals surface area (Å²) in [6.45, 7) is 5.72.